The molecule has 1 amide bonds. The highest BCUT2D eigenvalue weighted by Gasteiger charge is 2.11. The van der Waals surface area contributed by atoms with E-state index in [9.17, 15) is 4.79 Å². The van der Waals surface area contributed by atoms with Crippen molar-refractivity contribution >= 4 is 57.1 Å². The molecule has 0 saturated heterocycles. The number of hydrogen-bond donors (Lipinski definition) is 1. The number of aromatic nitrogens is 1. The number of thiazole rings is 1. The van der Waals surface area contributed by atoms with Crippen LogP contribution in [0.2, 0.25) is 4.34 Å². The molecule has 0 aliphatic heterocycles. The lowest BCUT2D eigenvalue weighted by Gasteiger charge is -2.04. The van der Waals surface area contributed by atoms with E-state index < -0.39 is 0 Å². The summed E-state index contributed by atoms with van der Waals surface area (Å²) in [5.41, 5.74) is 1.47. The van der Waals surface area contributed by atoms with Gasteiger partial charge in [-0.05, 0) is 36.1 Å². The van der Waals surface area contributed by atoms with E-state index in [2.05, 4.69) is 17.2 Å². The summed E-state index contributed by atoms with van der Waals surface area (Å²) in [6.07, 6.45) is 0. The van der Waals surface area contributed by atoms with Gasteiger partial charge in [-0.15, -0.1) is 34.4 Å². The van der Waals surface area contributed by atoms with Crippen molar-refractivity contribution in [3.8, 4) is 10.6 Å². The fraction of sp³-hybridized carbons (Fsp3) is 0.125. The van der Waals surface area contributed by atoms with E-state index in [1.807, 2.05) is 41.8 Å². The molecule has 3 aromatic rings. The van der Waals surface area contributed by atoms with Gasteiger partial charge < -0.3 is 0 Å². The molecule has 118 valence electrons. The molecule has 1 N–H and O–H groups in total. The Hall–Kier alpha value is -1.34. The first-order valence-electron chi connectivity index (χ1n) is 6.91. The van der Waals surface area contributed by atoms with Gasteiger partial charge in [0.1, 0.15) is 0 Å². The van der Waals surface area contributed by atoms with E-state index in [-0.39, 0.29) is 5.91 Å². The largest absolute Gasteiger partial charge is 0.298 e. The minimum absolute atomic E-state index is 0.145. The third-order valence-corrected chi connectivity index (χ3v) is 5.84. The van der Waals surface area contributed by atoms with Gasteiger partial charge in [0.2, 0.25) is 0 Å². The summed E-state index contributed by atoms with van der Waals surface area (Å²) in [5, 5.41) is 5.36. The Morgan fingerprint density at radius 1 is 1.35 bits per heavy atom. The summed E-state index contributed by atoms with van der Waals surface area (Å²) in [5.74, 6) is 0.832. The maximum Gasteiger partial charge on any atom is 0.257 e. The summed E-state index contributed by atoms with van der Waals surface area (Å²) in [6.45, 7) is 2.09. The van der Waals surface area contributed by atoms with E-state index in [4.69, 9.17) is 11.6 Å². The summed E-state index contributed by atoms with van der Waals surface area (Å²) in [6, 6.07) is 11.4. The van der Waals surface area contributed by atoms with E-state index in [0.717, 1.165) is 25.6 Å². The van der Waals surface area contributed by atoms with Crippen molar-refractivity contribution in [1.82, 2.24) is 4.98 Å². The normalized spacial score (nSPS) is 10.7. The fourth-order valence-electron chi connectivity index (χ4n) is 1.96. The molecule has 0 aliphatic rings. The number of hydrogen-bond acceptors (Lipinski definition) is 5. The molecule has 0 fully saturated rings. The average molecular weight is 381 g/mol. The smallest absolute Gasteiger partial charge is 0.257 e. The molecule has 0 atom stereocenters. The molecule has 2 aromatic heterocycles. The van der Waals surface area contributed by atoms with Crippen molar-refractivity contribution in [1.29, 1.82) is 0 Å². The Balaban J connectivity index is 1.73. The molecule has 0 spiro atoms. The van der Waals surface area contributed by atoms with Gasteiger partial charge in [-0.1, -0.05) is 24.6 Å². The summed E-state index contributed by atoms with van der Waals surface area (Å²) in [7, 11) is 0. The average Bonchev–Trinajstić information content (AvgIpc) is 3.17. The molecule has 0 aliphatic carbocycles. The molecular formula is C16H13ClN2OS3. The molecular weight excluding hydrogens is 368 g/mol. The maximum atomic E-state index is 12.3. The minimum Gasteiger partial charge on any atom is -0.298 e. The van der Waals surface area contributed by atoms with Crippen LogP contribution in [-0.4, -0.2) is 16.6 Å². The van der Waals surface area contributed by atoms with E-state index in [0.29, 0.717) is 10.7 Å². The second-order valence-electron chi connectivity index (χ2n) is 4.56. The number of rotatable bonds is 5. The second kappa shape index (κ2) is 7.49. The lowest BCUT2D eigenvalue weighted by Crippen LogP contribution is -2.11. The molecule has 3 rings (SSSR count). The fourth-order valence-corrected chi connectivity index (χ4v) is 4.46. The van der Waals surface area contributed by atoms with Gasteiger partial charge in [-0.3, -0.25) is 10.1 Å². The third-order valence-electron chi connectivity index (χ3n) is 2.96. The highest BCUT2D eigenvalue weighted by atomic mass is 35.5. The van der Waals surface area contributed by atoms with Crippen molar-refractivity contribution in [2.45, 2.75) is 11.8 Å². The first-order chi connectivity index (χ1) is 11.2. The number of nitrogens with zero attached hydrogens (tertiary/aromatic N) is 1. The monoisotopic (exact) mass is 380 g/mol. The Morgan fingerprint density at radius 3 is 2.96 bits per heavy atom. The number of carbonyl (C=O) groups is 1. The van der Waals surface area contributed by atoms with Crippen molar-refractivity contribution in [3.05, 3.63) is 51.7 Å². The quantitative estimate of drug-likeness (QED) is 0.561. The van der Waals surface area contributed by atoms with E-state index in [1.54, 1.807) is 11.8 Å². The van der Waals surface area contributed by atoms with Gasteiger partial charge in [0.15, 0.2) is 5.13 Å². The summed E-state index contributed by atoms with van der Waals surface area (Å²) in [4.78, 5) is 18.9. The predicted molar refractivity (Wildman–Crippen MR) is 101 cm³/mol. The van der Waals surface area contributed by atoms with Gasteiger partial charge in [-0.25, -0.2) is 4.98 Å². The van der Waals surface area contributed by atoms with Gasteiger partial charge in [0.05, 0.1) is 14.9 Å². The van der Waals surface area contributed by atoms with Crippen LogP contribution < -0.4 is 5.32 Å². The molecule has 1 aromatic carbocycles. The molecule has 3 nitrogen and oxygen atoms in total. The number of anilines is 1. The summed E-state index contributed by atoms with van der Waals surface area (Å²) < 4.78 is 0.726. The van der Waals surface area contributed by atoms with Crippen molar-refractivity contribution < 1.29 is 4.79 Å². The van der Waals surface area contributed by atoms with Crippen LogP contribution in [0.1, 0.15) is 17.3 Å². The number of halogens is 1. The Morgan fingerprint density at radius 2 is 2.22 bits per heavy atom. The van der Waals surface area contributed by atoms with Crippen LogP contribution >= 0.6 is 46.0 Å². The molecule has 7 heteroatoms. The number of benzene rings is 1. The van der Waals surface area contributed by atoms with Crippen LogP contribution in [0.3, 0.4) is 0 Å². The first-order valence-corrected chi connectivity index (χ1v) is 9.97. The highest BCUT2D eigenvalue weighted by molar-refractivity contribution is 7.99. The van der Waals surface area contributed by atoms with Crippen LogP contribution in [0.15, 0.2) is 46.7 Å². The van der Waals surface area contributed by atoms with Crippen LogP contribution in [0.5, 0.6) is 0 Å². The Bertz CT molecular complexity index is 828. The van der Waals surface area contributed by atoms with Gasteiger partial charge >= 0.3 is 0 Å². The molecule has 0 saturated carbocycles. The van der Waals surface area contributed by atoms with Crippen molar-refractivity contribution in [2.24, 2.45) is 0 Å². The van der Waals surface area contributed by atoms with Crippen molar-refractivity contribution in [3.63, 3.8) is 0 Å². The van der Waals surface area contributed by atoms with Crippen molar-refractivity contribution in [2.75, 3.05) is 11.1 Å². The lowest BCUT2D eigenvalue weighted by atomic mass is 10.2. The number of thioether (sulfide) groups is 1. The third kappa shape index (κ3) is 4.14. The minimum atomic E-state index is -0.145. The molecule has 0 radical (unpaired) electrons. The Labute approximate surface area is 151 Å². The summed E-state index contributed by atoms with van der Waals surface area (Å²) >= 11 is 10.5. The number of carbonyl (C=O) groups excluding carboxylic acids is 1. The Kier molecular flexibility index (Phi) is 5.38. The second-order valence-corrected chi connectivity index (χ2v) is 8.47. The number of nitrogens with one attached hydrogen (secondary N) is 1. The van der Waals surface area contributed by atoms with Gasteiger partial charge in [0, 0.05) is 15.8 Å². The molecule has 0 unspecified atom stereocenters. The van der Waals surface area contributed by atoms with Crippen LogP contribution in [-0.2, 0) is 0 Å². The standard InChI is InChI=1S/C16H13ClN2OS3/c1-2-21-11-5-3-4-10(8-11)15(20)19-16-18-12(9-22-16)13-6-7-14(17)23-13/h3-9H,2H2,1H3,(H,18,19,20). The first kappa shape index (κ1) is 16.5. The van der Waals surface area contributed by atoms with E-state index in [1.165, 1.54) is 22.7 Å². The van der Waals surface area contributed by atoms with Gasteiger partial charge in [0.25, 0.3) is 5.91 Å². The zero-order chi connectivity index (χ0) is 16.2. The molecule has 0 bridgehead atoms. The number of thiophene rings is 1. The lowest BCUT2D eigenvalue weighted by molar-refractivity contribution is 0.102. The van der Waals surface area contributed by atoms with Crippen LogP contribution in [0.25, 0.3) is 10.6 Å². The van der Waals surface area contributed by atoms with E-state index >= 15 is 0 Å². The molecule has 2 heterocycles. The highest BCUT2D eigenvalue weighted by Crippen LogP contribution is 2.33. The SMILES string of the molecule is CCSc1cccc(C(=O)Nc2nc(-c3ccc(Cl)s3)cs2)c1. The van der Waals surface area contributed by atoms with Gasteiger partial charge in [-0.2, -0.15) is 0 Å². The maximum absolute atomic E-state index is 12.3. The van der Waals surface area contributed by atoms with Crippen LogP contribution in [0, 0.1) is 0 Å². The van der Waals surface area contributed by atoms with Crippen LogP contribution in [0.4, 0.5) is 5.13 Å². The zero-order valence-corrected chi connectivity index (χ0v) is 15.4. The topological polar surface area (TPSA) is 42.0 Å². The zero-order valence-electron chi connectivity index (χ0n) is 12.2. The number of amides is 1. The predicted octanol–water partition coefficient (Wildman–Crippen LogP) is 5.89. The molecule has 23 heavy (non-hydrogen) atoms.